The van der Waals surface area contributed by atoms with E-state index in [1.165, 1.54) is 0 Å². The van der Waals surface area contributed by atoms with Crippen molar-refractivity contribution in [3.8, 4) is 16.9 Å². The van der Waals surface area contributed by atoms with E-state index in [9.17, 15) is 4.39 Å². The quantitative estimate of drug-likeness (QED) is 0.662. The molecule has 2 aliphatic heterocycles. The van der Waals surface area contributed by atoms with E-state index in [4.69, 9.17) is 9.72 Å². The average molecular weight is 367 g/mol. The van der Waals surface area contributed by atoms with E-state index in [0.29, 0.717) is 26.1 Å². The third-order valence-corrected chi connectivity index (χ3v) is 5.49. The van der Waals surface area contributed by atoms with Crippen molar-refractivity contribution in [1.82, 2.24) is 19.5 Å². The number of aryl methyl sites for hydroxylation is 1. The Morgan fingerprint density at radius 3 is 3.11 bits per heavy atom. The lowest BCUT2D eigenvalue weighted by molar-refractivity contribution is 0.176. The number of anilines is 1. The normalized spacial score (nSPS) is 22.9. The maximum atomic E-state index is 14.0. The molecule has 140 valence electrons. The highest BCUT2D eigenvalue weighted by atomic mass is 19.1. The van der Waals surface area contributed by atoms with E-state index in [2.05, 4.69) is 22.2 Å². The van der Waals surface area contributed by atoms with Gasteiger partial charge in [0.25, 0.3) is 0 Å². The number of hydrogen-bond acceptors (Lipinski definition) is 5. The fraction of sp³-hybridized carbons (Fsp3) is 0.400. The van der Waals surface area contributed by atoms with Gasteiger partial charge in [0.05, 0.1) is 6.20 Å². The number of nitrogens with one attached hydrogen (secondary N) is 1. The van der Waals surface area contributed by atoms with E-state index in [0.717, 1.165) is 40.4 Å². The molecule has 1 fully saturated rings. The van der Waals surface area contributed by atoms with Crippen molar-refractivity contribution in [2.24, 2.45) is 0 Å². The maximum Gasteiger partial charge on any atom is 0.165 e. The summed E-state index contributed by atoms with van der Waals surface area (Å²) in [5, 5.41) is 7.80. The van der Waals surface area contributed by atoms with Crippen LogP contribution in [0.25, 0.3) is 16.8 Å². The molecule has 0 aliphatic carbocycles. The van der Waals surface area contributed by atoms with Crippen LogP contribution in [0.1, 0.15) is 12.0 Å². The molecule has 4 heterocycles. The number of aromatic nitrogens is 3. The Morgan fingerprint density at radius 1 is 1.26 bits per heavy atom. The molecule has 2 atom stereocenters. The Kier molecular flexibility index (Phi) is 3.97. The first-order valence-electron chi connectivity index (χ1n) is 9.37. The van der Waals surface area contributed by atoms with Crippen LogP contribution in [0.15, 0.2) is 36.7 Å². The van der Waals surface area contributed by atoms with Gasteiger partial charge in [0, 0.05) is 37.4 Å². The van der Waals surface area contributed by atoms with Gasteiger partial charge in [-0.2, -0.15) is 5.10 Å². The van der Waals surface area contributed by atoms with Gasteiger partial charge in [0.1, 0.15) is 24.3 Å². The Hall–Kier alpha value is -2.67. The molecule has 27 heavy (non-hydrogen) atoms. The summed E-state index contributed by atoms with van der Waals surface area (Å²) in [5.74, 6) is 1.60. The molecular formula is C20H22FN5O. The van der Waals surface area contributed by atoms with Gasteiger partial charge in [-0.15, -0.1) is 0 Å². The van der Waals surface area contributed by atoms with E-state index in [1.807, 2.05) is 36.7 Å². The van der Waals surface area contributed by atoms with Crippen LogP contribution in [0.2, 0.25) is 0 Å². The zero-order valence-electron chi connectivity index (χ0n) is 15.2. The molecule has 2 aliphatic rings. The first-order valence-corrected chi connectivity index (χ1v) is 9.37. The zero-order valence-corrected chi connectivity index (χ0v) is 15.2. The van der Waals surface area contributed by atoms with E-state index in [-0.39, 0.29) is 6.04 Å². The largest absolute Gasteiger partial charge is 0.492 e. The molecule has 0 radical (unpaired) electrons. The first kappa shape index (κ1) is 16.5. The molecular weight excluding hydrogens is 345 g/mol. The average Bonchev–Trinajstić information content (AvgIpc) is 3.23. The number of nitrogens with zero attached hydrogens (tertiary/aromatic N) is 4. The number of alkyl halides is 1. The van der Waals surface area contributed by atoms with Gasteiger partial charge in [-0.3, -0.25) is 4.90 Å². The molecule has 1 aromatic carbocycles. The molecule has 0 spiro atoms. The Balaban J connectivity index is 1.59. The molecule has 2 aromatic heterocycles. The molecule has 3 aromatic rings. The highest BCUT2D eigenvalue weighted by molar-refractivity contribution is 5.80. The van der Waals surface area contributed by atoms with Gasteiger partial charge in [-0.25, -0.2) is 13.9 Å². The Labute approximate surface area is 157 Å². The predicted molar refractivity (Wildman–Crippen MR) is 102 cm³/mol. The topological polar surface area (TPSA) is 54.7 Å². The fourth-order valence-corrected chi connectivity index (χ4v) is 4.03. The fourth-order valence-electron chi connectivity index (χ4n) is 4.03. The van der Waals surface area contributed by atoms with Crippen LogP contribution < -0.4 is 10.1 Å². The molecule has 1 saturated heterocycles. The summed E-state index contributed by atoms with van der Waals surface area (Å²) in [5.41, 5.74) is 3.97. The maximum absolute atomic E-state index is 14.0. The predicted octanol–water partition coefficient (Wildman–Crippen LogP) is 2.92. The van der Waals surface area contributed by atoms with E-state index >= 15 is 0 Å². The first-order chi connectivity index (χ1) is 13.2. The lowest BCUT2D eigenvalue weighted by Crippen LogP contribution is -2.37. The third kappa shape index (κ3) is 3.02. The summed E-state index contributed by atoms with van der Waals surface area (Å²) in [7, 11) is 0. The minimum absolute atomic E-state index is 0.0941. The number of rotatable bonds is 0. The molecule has 0 unspecified atom stereocenters. The van der Waals surface area contributed by atoms with Crippen molar-refractivity contribution in [3.63, 3.8) is 0 Å². The second-order valence-electron chi connectivity index (χ2n) is 7.34. The molecule has 1 N–H and O–H groups in total. The number of halogens is 1. The number of fused-ring (bicyclic) bond motifs is 5. The standard InChI is InChI=1S/C20H22FN5O/c1-13-2-3-16-9-17(13)18-10-23-26-6-4-19(24-20(18)26)22-5-7-25-11-14(21)8-15(25)12-27-16/h2-4,6,9-10,14-15H,5,7-8,11-12H2,1H3,(H,22,24)/t14-,15+/m1/s1. The van der Waals surface area contributed by atoms with Gasteiger partial charge in [0.15, 0.2) is 5.65 Å². The number of benzene rings is 1. The van der Waals surface area contributed by atoms with Crippen LogP contribution in [-0.2, 0) is 0 Å². The lowest BCUT2D eigenvalue weighted by Gasteiger charge is -2.24. The summed E-state index contributed by atoms with van der Waals surface area (Å²) in [6.07, 6.45) is 3.49. The summed E-state index contributed by atoms with van der Waals surface area (Å²) in [4.78, 5) is 6.92. The van der Waals surface area contributed by atoms with Gasteiger partial charge in [-0.05, 0) is 42.7 Å². The second kappa shape index (κ2) is 6.49. The van der Waals surface area contributed by atoms with Crippen molar-refractivity contribution in [1.29, 1.82) is 0 Å². The number of hydrogen-bond donors (Lipinski definition) is 1. The highest BCUT2D eigenvalue weighted by Gasteiger charge is 2.32. The van der Waals surface area contributed by atoms with Crippen molar-refractivity contribution in [2.45, 2.75) is 25.6 Å². The highest BCUT2D eigenvalue weighted by Crippen LogP contribution is 2.31. The van der Waals surface area contributed by atoms with E-state index in [1.54, 1.807) is 4.52 Å². The molecule has 7 heteroatoms. The van der Waals surface area contributed by atoms with Crippen molar-refractivity contribution in [3.05, 3.63) is 42.2 Å². The van der Waals surface area contributed by atoms with Crippen LogP contribution in [0, 0.1) is 6.92 Å². The Bertz CT molecular complexity index is 988. The SMILES string of the molecule is Cc1ccc2cc1-c1cnn3ccc(nc13)NCCN1C[C@H](F)C[C@H]1CO2. The molecule has 5 rings (SSSR count). The van der Waals surface area contributed by atoms with Crippen LogP contribution >= 0.6 is 0 Å². The number of ether oxygens (including phenoxy) is 1. The van der Waals surface area contributed by atoms with Crippen LogP contribution in [0.5, 0.6) is 5.75 Å². The summed E-state index contributed by atoms with van der Waals surface area (Å²) < 4.78 is 21.8. The minimum atomic E-state index is -0.787. The van der Waals surface area contributed by atoms with Crippen LogP contribution in [0.4, 0.5) is 10.2 Å². The van der Waals surface area contributed by atoms with E-state index < -0.39 is 6.17 Å². The molecule has 4 bridgehead atoms. The minimum Gasteiger partial charge on any atom is -0.492 e. The third-order valence-electron chi connectivity index (χ3n) is 5.49. The molecule has 0 saturated carbocycles. The summed E-state index contributed by atoms with van der Waals surface area (Å²) >= 11 is 0. The molecule has 6 nitrogen and oxygen atoms in total. The van der Waals surface area contributed by atoms with Gasteiger partial charge in [0.2, 0.25) is 0 Å². The molecule has 0 amide bonds. The van der Waals surface area contributed by atoms with Gasteiger partial charge >= 0.3 is 0 Å². The van der Waals surface area contributed by atoms with Crippen LogP contribution in [0.3, 0.4) is 0 Å². The monoisotopic (exact) mass is 367 g/mol. The second-order valence-corrected chi connectivity index (χ2v) is 7.34. The van der Waals surface area contributed by atoms with Gasteiger partial charge < -0.3 is 10.1 Å². The van der Waals surface area contributed by atoms with Crippen LogP contribution in [-0.4, -0.2) is 58.0 Å². The Morgan fingerprint density at radius 2 is 2.19 bits per heavy atom. The van der Waals surface area contributed by atoms with Gasteiger partial charge in [-0.1, -0.05) is 6.07 Å². The van der Waals surface area contributed by atoms with Crippen molar-refractivity contribution in [2.75, 3.05) is 31.6 Å². The van der Waals surface area contributed by atoms with Crippen molar-refractivity contribution >= 4 is 11.5 Å². The van der Waals surface area contributed by atoms with Crippen molar-refractivity contribution < 1.29 is 9.13 Å². The smallest absolute Gasteiger partial charge is 0.165 e. The zero-order chi connectivity index (χ0) is 18.4. The summed E-state index contributed by atoms with van der Waals surface area (Å²) in [6.45, 7) is 4.50. The summed E-state index contributed by atoms with van der Waals surface area (Å²) in [6, 6.07) is 8.07. The lowest BCUT2D eigenvalue weighted by atomic mass is 10.0.